The monoisotopic (exact) mass is 516 g/mol. The number of piperidine rings is 1. The van der Waals surface area contributed by atoms with E-state index in [2.05, 4.69) is 42.7 Å². The summed E-state index contributed by atoms with van der Waals surface area (Å²) in [6.07, 6.45) is 5.91. The lowest BCUT2D eigenvalue weighted by Crippen LogP contribution is -2.41. The van der Waals surface area contributed by atoms with Crippen molar-refractivity contribution in [2.75, 3.05) is 42.2 Å². The highest BCUT2D eigenvalue weighted by Crippen LogP contribution is 2.44. The first-order chi connectivity index (χ1) is 17.9. The van der Waals surface area contributed by atoms with E-state index < -0.39 is 0 Å². The molecule has 2 N–H and O–H groups in total. The van der Waals surface area contributed by atoms with Gasteiger partial charge in [0.05, 0.1) is 34.2 Å². The minimum atomic E-state index is 0.0141. The Bertz CT molecular complexity index is 1490. The minimum absolute atomic E-state index is 0.0141. The van der Waals surface area contributed by atoms with Crippen LogP contribution >= 0.6 is 11.6 Å². The molecule has 2 aliphatic heterocycles. The quantitative estimate of drug-likeness (QED) is 0.523. The molecule has 2 aromatic heterocycles. The molecular formula is C25H25ClN10O. The summed E-state index contributed by atoms with van der Waals surface area (Å²) in [6.45, 7) is 2.27. The lowest BCUT2D eigenvalue weighted by molar-refractivity contribution is -0.126. The van der Waals surface area contributed by atoms with Gasteiger partial charge in [0.15, 0.2) is 17.2 Å². The first-order valence-electron chi connectivity index (χ1n) is 12.3. The number of anilines is 4. The van der Waals surface area contributed by atoms with Gasteiger partial charge in [-0.1, -0.05) is 11.6 Å². The minimum Gasteiger partial charge on any atom is -0.370 e. The summed E-state index contributed by atoms with van der Waals surface area (Å²) in [4.78, 5) is 25.1. The van der Waals surface area contributed by atoms with Crippen molar-refractivity contribution in [2.24, 2.45) is 5.41 Å². The number of likely N-dealkylation sites (tertiary alicyclic amines) is 1. The van der Waals surface area contributed by atoms with Crippen LogP contribution < -0.4 is 15.5 Å². The second-order valence-electron chi connectivity index (χ2n) is 10.2. The molecule has 1 spiro atoms. The number of rotatable bonds is 5. The molecule has 1 saturated carbocycles. The van der Waals surface area contributed by atoms with Crippen molar-refractivity contribution in [3.63, 3.8) is 0 Å². The van der Waals surface area contributed by atoms with E-state index in [1.54, 1.807) is 12.1 Å². The Morgan fingerprint density at radius 1 is 1.19 bits per heavy atom. The smallest absolute Gasteiger partial charge is 0.247 e. The molecule has 1 aromatic carbocycles. The number of fused-ring (bicyclic) bond motifs is 1. The molecule has 3 aliphatic rings. The summed E-state index contributed by atoms with van der Waals surface area (Å²) < 4.78 is 1.45. The number of nitriles is 2. The van der Waals surface area contributed by atoms with Crippen molar-refractivity contribution in [1.29, 1.82) is 10.5 Å². The van der Waals surface area contributed by atoms with Crippen molar-refractivity contribution in [3.05, 3.63) is 34.6 Å². The maximum atomic E-state index is 12.2. The Morgan fingerprint density at radius 3 is 2.62 bits per heavy atom. The molecule has 6 rings (SSSR count). The number of halogens is 1. The van der Waals surface area contributed by atoms with E-state index in [-0.39, 0.29) is 23.0 Å². The molecule has 1 aliphatic carbocycles. The van der Waals surface area contributed by atoms with Gasteiger partial charge in [-0.3, -0.25) is 4.79 Å². The third-order valence-electron chi connectivity index (χ3n) is 7.51. The molecule has 37 heavy (non-hydrogen) atoms. The van der Waals surface area contributed by atoms with Crippen LogP contribution in [0.3, 0.4) is 0 Å². The first kappa shape index (κ1) is 23.3. The summed E-state index contributed by atoms with van der Waals surface area (Å²) in [5.74, 6) is 0.972. The highest BCUT2D eigenvalue weighted by Gasteiger charge is 2.43. The zero-order chi connectivity index (χ0) is 25.7. The van der Waals surface area contributed by atoms with Crippen LogP contribution in [0.25, 0.3) is 5.65 Å². The number of carbonyl (C=O) groups excluding carboxylic acids is 1. The number of hydrogen-bond donors (Lipinski definition) is 2. The van der Waals surface area contributed by atoms with E-state index in [1.807, 2.05) is 11.9 Å². The fourth-order valence-electron chi connectivity index (χ4n) is 5.30. The Morgan fingerprint density at radius 2 is 1.97 bits per heavy atom. The number of carbonyl (C=O) groups is 1. The molecule has 0 unspecified atom stereocenters. The second-order valence-corrected chi connectivity index (χ2v) is 10.6. The first-order valence-corrected chi connectivity index (χ1v) is 12.7. The summed E-state index contributed by atoms with van der Waals surface area (Å²) in [6, 6.07) is 8.11. The fourth-order valence-corrected chi connectivity index (χ4v) is 5.58. The maximum absolute atomic E-state index is 12.2. The lowest BCUT2D eigenvalue weighted by atomic mass is 9.77. The normalized spacial score (nSPS) is 18.8. The SMILES string of the molecule is CN1CC2(CCN(c3cc(C#N)cc(Nc4nc(NC5CC5)c5ncc(C#N)n5n4)c3Cl)CC2)CC1=O. The van der Waals surface area contributed by atoms with Crippen LogP contribution in [-0.2, 0) is 4.79 Å². The number of hydrogen-bond acceptors (Lipinski definition) is 9. The summed E-state index contributed by atoms with van der Waals surface area (Å²) in [5, 5.41) is 30.7. The van der Waals surface area contributed by atoms with Crippen LogP contribution in [0.1, 0.15) is 43.4 Å². The van der Waals surface area contributed by atoms with Gasteiger partial charge in [0.2, 0.25) is 11.9 Å². The predicted octanol–water partition coefficient (Wildman–Crippen LogP) is 3.29. The highest BCUT2D eigenvalue weighted by atomic mass is 35.5. The zero-order valence-electron chi connectivity index (χ0n) is 20.3. The largest absolute Gasteiger partial charge is 0.370 e. The number of benzene rings is 1. The van der Waals surface area contributed by atoms with Gasteiger partial charge < -0.3 is 20.4 Å². The molecule has 1 amide bonds. The van der Waals surface area contributed by atoms with Gasteiger partial charge in [0.25, 0.3) is 0 Å². The van der Waals surface area contributed by atoms with Gasteiger partial charge in [0, 0.05) is 44.6 Å². The van der Waals surface area contributed by atoms with Crippen molar-refractivity contribution in [1.82, 2.24) is 24.5 Å². The molecule has 0 bridgehead atoms. The summed E-state index contributed by atoms with van der Waals surface area (Å²) in [7, 11) is 1.86. The Kier molecular flexibility index (Phi) is 5.54. The van der Waals surface area contributed by atoms with E-state index in [1.165, 1.54) is 10.7 Å². The molecule has 4 heterocycles. The molecule has 3 aromatic rings. The van der Waals surface area contributed by atoms with Crippen LogP contribution in [0, 0.1) is 28.1 Å². The number of amides is 1. The van der Waals surface area contributed by atoms with Crippen molar-refractivity contribution in [2.45, 2.75) is 38.1 Å². The van der Waals surface area contributed by atoms with E-state index in [0.29, 0.717) is 40.2 Å². The zero-order valence-corrected chi connectivity index (χ0v) is 21.1. The van der Waals surface area contributed by atoms with Crippen LogP contribution in [0.15, 0.2) is 18.3 Å². The van der Waals surface area contributed by atoms with Crippen molar-refractivity contribution < 1.29 is 4.79 Å². The van der Waals surface area contributed by atoms with Gasteiger partial charge >= 0.3 is 0 Å². The Labute approximate surface area is 218 Å². The average Bonchev–Trinajstić information content (AvgIpc) is 3.54. The van der Waals surface area contributed by atoms with E-state index in [4.69, 9.17) is 11.6 Å². The number of nitrogens with zero attached hydrogens (tertiary/aromatic N) is 8. The molecule has 188 valence electrons. The maximum Gasteiger partial charge on any atom is 0.247 e. The van der Waals surface area contributed by atoms with Gasteiger partial charge in [-0.25, -0.2) is 4.98 Å². The van der Waals surface area contributed by atoms with Gasteiger partial charge in [0.1, 0.15) is 6.07 Å². The van der Waals surface area contributed by atoms with E-state index in [0.717, 1.165) is 51.0 Å². The Balaban J connectivity index is 1.31. The van der Waals surface area contributed by atoms with E-state index >= 15 is 0 Å². The highest BCUT2D eigenvalue weighted by molar-refractivity contribution is 6.36. The van der Waals surface area contributed by atoms with Gasteiger partial charge in [-0.2, -0.15) is 20.0 Å². The molecular weight excluding hydrogens is 492 g/mol. The fraction of sp³-hybridized carbons (Fsp3) is 0.440. The summed E-state index contributed by atoms with van der Waals surface area (Å²) in [5.41, 5.74) is 2.49. The molecule has 0 atom stereocenters. The number of nitrogens with one attached hydrogen (secondary N) is 2. The topological polar surface area (TPSA) is 138 Å². The molecule has 12 heteroatoms. The molecule has 0 radical (unpaired) electrons. The Hall–Kier alpha value is -4.09. The standard InChI is InChI=1S/C25H25ClN10O/c1-34-14-25(10-20(34)37)4-6-35(7-5-25)19-9-15(11-27)8-18(21(19)26)31-24-32-22(30-16-2-3-16)23-29-13-17(12-28)36(23)33-24/h8-9,13,16H,2-7,10,14H2,1H3,(H2,30,31,32,33). The predicted molar refractivity (Wildman–Crippen MR) is 138 cm³/mol. The molecule has 11 nitrogen and oxygen atoms in total. The van der Waals surface area contributed by atoms with Crippen molar-refractivity contribution >= 4 is 46.3 Å². The van der Waals surface area contributed by atoms with Crippen LogP contribution in [0.5, 0.6) is 0 Å². The average molecular weight is 517 g/mol. The summed E-state index contributed by atoms with van der Waals surface area (Å²) >= 11 is 6.89. The third-order valence-corrected chi connectivity index (χ3v) is 7.91. The van der Waals surface area contributed by atoms with Gasteiger partial charge in [-0.05, 0) is 37.8 Å². The van der Waals surface area contributed by atoms with Crippen LogP contribution in [0.2, 0.25) is 5.02 Å². The second kappa shape index (κ2) is 8.79. The van der Waals surface area contributed by atoms with Crippen molar-refractivity contribution in [3.8, 4) is 12.1 Å². The number of imidazole rings is 1. The lowest BCUT2D eigenvalue weighted by Gasteiger charge is -2.40. The van der Waals surface area contributed by atoms with Gasteiger partial charge in [-0.15, -0.1) is 5.10 Å². The molecule has 3 fully saturated rings. The van der Waals surface area contributed by atoms with E-state index in [9.17, 15) is 15.3 Å². The molecule has 2 saturated heterocycles. The third kappa shape index (κ3) is 4.25. The number of aromatic nitrogens is 4. The van der Waals surface area contributed by atoms with Crippen LogP contribution in [0.4, 0.5) is 23.1 Å². The van der Waals surface area contributed by atoms with Crippen LogP contribution in [-0.4, -0.2) is 63.1 Å².